The number of hydrogen-bond donors (Lipinski definition) is 2. The number of carbonyl (C=O) groups excluding carboxylic acids is 1. The molecule has 1 amide bonds. The van der Waals surface area contributed by atoms with Gasteiger partial charge in [0.25, 0.3) is 0 Å². The summed E-state index contributed by atoms with van der Waals surface area (Å²) in [7, 11) is 0. The summed E-state index contributed by atoms with van der Waals surface area (Å²) in [5.74, 6) is 0.120. The van der Waals surface area contributed by atoms with Crippen molar-refractivity contribution in [2.45, 2.75) is 38.2 Å². The summed E-state index contributed by atoms with van der Waals surface area (Å²) < 4.78 is 5.78. The number of nitrogens with zero attached hydrogens (tertiary/aromatic N) is 1. The number of carbonyl (C=O) groups is 1. The van der Waals surface area contributed by atoms with E-state index >= 15 is 0 Å². The number of amides is 1. The Morgan fingerprint density at radius 1 is 1.21 bits per heavy atom. The molecule has 0 radical (unpaired) electrons. The molecule has 2 aliphatic rings. The first kappa shape index (κ1) is 14.8. The first-order valence-electron chi connectivity index (χ1n) is 7.66. The van der Waals surface area contributed by atoms with Crippen LogP contribution in [0.4, 0.5) is 0 Å². The van der Waals surface area contributed by atoms with E-state index in [0.29, 0.717) is 25.8 Å². The maximum absolute atomic E-state index is 11.7. The molecule has 0 atom stereocenters. The summed E-state index contributed by atoms with van der Waals surface area (Å²) in [4.78, 5) is 13.9. The average Bonchev–Trinajstić information content (AvgIpc) is 2.46. The summed E-state index contributed by atoms with van der Waals surface area (Å²) >= 11 is 0. The predicted octanol–water partition coefficient (Wildman–Crippen LogP) is 0.357. The van der Waals surface area contributed by atoms with Crippen LogP contribution >= 0.6 is 0 Å². The fourth-order valence-corrected chi connectivity index (χ4v) is 2.78. The van der Waals surface area contributed by atoms with Gasteiger partial charge < -0.3 is 15.4 Å². The minimum absolute atomic E-state index is 0.120. The zero-order valence-electron chi connectivity index (χ0n) is 11.8. The zero-order chi connectivity index (χ0) is 13.3. The highest BCUT2D eigenvalue weighted by Gasteiger charge is 2.14. The molecule has 0 spiro atoms. The lowest BCUT2D eigenvalue weighted by Crippen LogP contribution is -2.47. The standard InChI is InChI=1S/C14H27N3O2/c18-14(12-17-9-6-15-7-10-17)16-8-11-19-13-4-2-1-3-5-13/h13,15H,1-12H2,(H,16,18). The summed E-state index contributed by atoms with van der Waals surface area (Å²) in [6.07, 6.45) is 6.74. The molecule has 0 aromatic rings. The van der Waals surface area contributed by atoms with Crippen LogP contribution in [0.2, 0.25) is 0 Å². The highest BCUT2D eigenvalue weighted by atomic mass is 16.5. The third-order valence-corrected chi connectivity index (χ3v) is 3.91. The Hall–Kier alpha value is -0.650. The van der Waals surface area contributed by atoms with Crippen molar-refractivity contribution in [2.75, 3.05) is 45.9 Å². The summed E-state index contributed by atoms with van der Waals surface area (Å²) in [5, 5.41) is 6.23. The second-order valence-corrected chi connectivity index (χ2v) is 5.51. The molecule has 0 aromatic carbocycles. The maximum atomic E-state index is 11.7. The van der Waals surface area contributed by atoms with E-state index in [-0.39, 0.29) is 5.91 Å². The molecule has 19 heavy (non-hydrogen) atoms. The highest BCUT2D eigenvalue weighted by Crippen LogP contribution is 2.19. The van der Waals surface area contributed by atoms with Crippen molar-refractivity contribution in [3.8, 4) is 0 Å². The van der Waals surface area contributed by atoms with Crippen LogP contribution in [-0.2, 0) is 9.53 Å². The topological polar surface area (TPSA) is 53.6 Å². The molecular weight excluding hydrogens is 242 g/mol. The lowest BCUT2D eigenvalue weighted by atomic mass is 9.98. The molecule has 0 unspecified atom stereocenters. The van der Waals surface area contributed by atoms with Crippen LogP contribution in [0.1, 0.15) is 32.1 Å². The van der Waals surface area contributed by atoms with Crippen LogP contribution in [0.15, 0.2) is 0 Å². The first-order chi connectivity index (χ1) is 9.34. The lowest BCUT2D eigenvalue weighted by molar-refractivity contribution is -0.122. The second-order valence-electron chi connectivity index (χ2n) is 5.51. The minimum Gasteiger partial charge on any atom is -0.376 e. The van der Waals surface area contributed by atoms with Gasteiger partial charge in [-0.1, -0.05) is 19.3 Å². The van der Waals surface area contributed by atoms with E-state index in [4.69, 9.17) is 4.74 Å². The third kappa shape index (κ3) is 5.89. The van der Waals surface area contributed by atoms with Crippen molar-refractivity contribution >= 4 is 5.91 Å². The van der Waals surface area contributed by atoms with E-state index in [1.807, 2.05) is 0 Å². The Morgan fingerprint density at radius 3 is 2.68 bits per heavy atom. The minimum atomic E-state index is 0.120. The fraction of sp³-hybridized carbons (Fsp3) is 0.929. The lowest BCUT2D eigenvalue weighted by Gasteiger charge is -2.26. The van der Waals surface area contributed by atoms with Crippen molar-refractivity contribution in [1.29, 1.82) is 0 Å². The summed E-state index contributed by atoms with van der Waals surface area (Å²) in [6.45, 7) is 5.71. The van der Waals surface area contributed by atoms with Crippen molar-refractivity contribution in [3.63, 3.8) is 0 Å². The normalized spacial score (nSPS) is 22.3. The third-order valence-electron chi connectivity index (χ3n) is 3.91. The molecule has 1 aliphatic carbocycles. The van der Waals surface area contributed by atoms with Gasteiger partial charge in [0.2, 0.25) is 5.91 Å². The molecule has 1 saturated heterocycles. The molecule has 1 heterocycles. The smallest absolute Gasteiger partial charge is 0.234 e. The number of rotatable bonds is 6. The quantitative estimate of drug-likeness (QED) is 0.684. The van der Waals surface area contributed by atoms with E-state index in [2.05, 4.69) is 15.5 Å². The van der Waals surface area contributed by atoms with Crippen LogP contribution in [0.25, 0.3) is 0 Å². The Bertz CT molecular complexity index is 261. The van der Waals surface area contributed by atoms with Crippen LogP contribution in [0, 0.1) is 0 Å². The van der Waals surface area contributed by atoms with E-state index in [0.717, 1.165) is 26.2 Å². The van der Waals surface area contributed by atoms with Crippen molar-refractivity contribution < 1.29 is 9.53 Å². The molecule has 5 heteroatoms. The molecule has 0 bridgehead atoms. The largest absolute Gasteiger partial charge is 0.376 e. The molecule has 1 aliphatic heterocycles. The monoisotopic (exact) mass is 269 g/mol. The van der Waals surface area contributed by atoms with Crippen LogP contribution in [0.5, 0.6) is 0 Å². The molecule has 2 fully saturated rings. The van der Waals surface area contributed by atoms with Crippen LogP contribution in [-0.4, -0.2) is 62.8 Å². The fourth-order valence-electron chi connectivity index (χ4n) is 2.78. The maximum Gasteiger partial charge on any atom is 0.234 e. The van der Waals surface area contributed by atoms with Gasteiger partial charge >= 0.3 is 0 Å². The van der Waals surface area contributed by atoms with Gasteiger partial charge in [-0.25, -0.2) is 0 Å². The Morgan fingerprint density at radius 2 is 1.95 bits per heavy atom. The van der Waals surface area contributed by atoms with Gasteiger partial charge in [0.15, 0.2) is 0 Å². The zero-order valence-corrected chi connectivity index (χ0v) is 11.8. The number of ether oxygens (including phenoxy) is 1. The molecule has 1 saturated carbocycles. The first-order valence-corrected chi connectivity index (χ1v) is 7.66. The van der Waals surface area contributed by atoms with E-state index in [9.17, 15) is 4.79 Å². The predicted molar refractivity (Wildman–Crippen MR) is 75.1 cm³/mol. The Kier molecular flexibility index (Phi) is 6.61. The van der Waals surface area contributed by atoms with Gasteiger partial charge in [-0.3, -0.25) is 9.69 Å². The highest BCUT2D eigenvalue weighted by molar-refractivity contribution is 5.77. The molecular formula is C14H27N3O2. The molecule has 2 N–H and O–H groups in total. The SMILES string of the molecule is O=C(CN1CCNCC1)NCCOC1CCCCC1. The number of piperazine rings is 1. The van der Waals surface area contributed by atoms with E-state index in [1.54, 1.807) is 0 Å². The van der Waals surface area contributed by atoms with Gasteiger partial charge in [-0.2, -0.15) is 0 Å². The average molecular weight is 269 g/mol. The second kappa shape index (κ2) is 8.51. The molecule has 2 rings (SSSR count). The van der Waals surface area contributed by atoms with Crippen LogP contribution in [0.3, 0.4) is 0 Å². The summed E-state index contributed by atoms with van der Waals surface area (Å²) in [5.41, 5.74) is 0. The van der Waals surface area contributed by atoms with Crippen molar-refractivity contribution in [2.24, 2.45) is 0 Å². The van der Waals surface area contributed by atoms with E-state index < -0.39 is 0 Å². The molecule has 110 valence electrons. The Balaban J connectivity index is 1.48. The van der Waals surface area contributed by atoms with Gasteiger partial charge in [-0.15, -0.1) is 0 Å². The van der Waals surface area contributed by atoms with Gasteiger partial charge in [0.1, 0.15) is 0 Å². The number of hydrogen-bond acceptors (Lipinski definition) is 4. The van der Waals surface area contributed by atoms with Crippen molar-refractivity contribution in [1.82, 2.24) is 15.5 Å². The molecule has 0 aromatic heterocycles. The van der Waals surface area contributed by atoms with Gasteiger partial charge in [0, 0.05) is 32.7 Å². The Labute approximate surface area is 116 Å². The number of nitrogens with one attached hydrogen (secondary N) is 2. The molecule has 5 nitrogen and oxygen atoms in total. The van der Waals surface area contributed by atoms with Crippen LogP contribution < -0.4 is 10.6 Å². The van der Waals surface area contributed by atoms with E-state index in [1.165, 1.54) is 32.1 Å². The van der Waals surface area contributed by atoms with Gasteiger partial charge in [-0.05, 0) is 12.8 Å². The summed E-state index contributed by atoms with van der Waals surface area (Å²) in [6, 6.07) is 0. The van der Waals surface area contributed by atoms with Crippen molar-refractivity contribution in [3.05, 3.63) is 0 Å². The van der Waals surface area contributed by atoms with Gasteiger partial charge in [0.05, 0.1) is 19.3 Å².